The van der Waals surface area contributed by atoms with Crippen LogP contribution in [0.15, 0.2) is 30.3 Å². The smallest absolute Gasteiger partial charge is 0.104 e. The molecule has 16 heavy (non-hydrogen) atoms. The van der Waals surface area contributed by atoms with E-state index in [1.54, 1.807) is 0 Å². The van der Waals surface area contributed by atoms with E-state index in [0.29, 0.717) is 12.2 Å². The summed E-state index contributed by atoms with van der Waals surface area (Å²) in [5, 5.41) is 0. The molecule has 0 spiro atoms. The normalized spacial score (nSPS) is 25.6. The van der Waals surface area contributed by atoms with Crippen LogP contribution in [0.5, 0.6) is 0 Å². The SMILES string of the molecule is C(OCC1CO1)C1CO1.Cc1ccccc1. The van der Waals surface area contributed by atoms with Crippen LogP contribution in [-0.2, 0) is 14.2 Å². The van der Waals surface area contributed by atoms with Crippen molar-refractivity contribution < 1.29 is 14.2 Å². The van der Waals surface area contributed by atoms with Gasteiger partial charge < -0.3 is 14.2 Å². The second-order valence-corrected chi connectivity index (χ2v) is 4.10. The largest absolute Gasteiger partial charge is 0.376 e. The van der Waals surface area contributed by atoms with Gasteiger partial charge >= 0.3 is 0 Å². The van der Waals surface area contributed by atoms with E-state index in [9.17, 15) is 0 Å². The Labute approximate surface area is 96.3 Å². The van der Waals surface area contributed by atoms with Gasteiger partial charge in [0, 0.05) is 0 Å². The van der Waals surface area contributed by atoms with Crippen molar-refractivity contribution in [3.63, 3.8) is 0 Å². The van der Waals surface area contributed by atoms with Crippen LogP contribution in [0.4, 0.5) is 0 Å². The van der Waals surface area contributed by atoms with Crippen molar-refractivity contribution in [2.24, 2.45) is 0 Å². The van der Waals surface area contributed by atoms with Crippen molar-refractivity contribution >= 4 is 0 Å². The fourth-order valence-electron chi connectivity index (χ4n) is 1.19. The molecule has 0 N–H and O–H groups in total. The summed E-state index contributed by atoms with van der Waals surface area (Å²) in [6.45, 7) is 5.34. The van der Waals surface area contributed by atoms with Gasteiger partial charge in [-0.15, -0.1) is 0 Å². The van der Waals surface area contributed by atoms with Crippen LogP contribution < -0.4 is 0 Å². The van der Waals surface area contributed by atoms with Crippen LogP contribution in [0.2, 0.25) is 0 Å². The van der Waals surface area contributed by atoms with Gasteiger partial charge in [0.25, 0.3) is 0 Å². The lowest BCUT2D eigenvalue weighted by molar-refractivity contribution is 0.102. The summed E-state index contributed by atoms with van der Waals surface area (Å²) in [5.74, 6) is 0. The highest BCUT2D eigenvalue weighted by atomic mass is 16.6. The number of benzene rings is 1. The maximum absolute atomic E-state index is 5.23. The molecular weight excluding hydrogens is 204 g/mol. The number of rotatable bonds is 4. The van der Waals surface area contributed by atoms with Gasteiger partial charge in [-0.1, -0.05) is 35.9 Å². The molecule has 3 rings (SSSR count). The molecule has 2 heterocycles. The predicted molar refractivity (Wildman–Crippen MR) is 61.5 cm³/mol. The Morgan fingerprint density at radius 1 is 1.06 bits per heavy atom. The van der Waals surface area contributed by atoms with E-state index in [2.05, 4.69) is 19.1 Å². The van der Waals surface area contributed by atoms with Crippen LogP contribution in [0, 0.1) is 6.92 Å². The third-order valence-corrected chi connectivity index (χ3v) is 2.35. The molecule has 2 aliphatic rings. The summed E-state index contributed by atoms with van der Waals surface area (Å²) in [5.41, 5.74) is 1.32. The van der Waals surface area contributed by atoms with E-state index in [1.165, 1.54) is 5.56 Å². The molecule has 2 atom stereocenters. The standard InChI is InChI=1S/C7H8.C6H10O3/c1-7-5-3-2-4-6-7;1(5-3-8-5)7-2-6-4-9-6/h2-6H,1H3;5-6H,1-4H2. The molecule has 2 fully saturated rings. The van der Waals surface area contributed by atoms with E-state index in [1.807, 2.05) is 18.2 Å². The first-order valence-corrected chi connectivity index (χ1v) is 5.67. The second-order valence-electron chi connectivity index (χ2n) is 4.10. The van der Waals surface area contributed by atoms with Crippen LogP contribution in [-0.4, -0.2) is 38.6 Å². The first-order valence-electron chi connectivity index (χ1n) is 5.67. The molecule has 2 saturated heterocycles. The van der Waals surface area contributed by atoms with Crippen molar-refractivity contribution in [3.8, 4) is 0 Å². The fraction of sp³-hybridized carbons (Fsp3) is 0.538. The minimum atomic E-state index is 0.392. The Kier molecular flexibility index (Phi) is 4.34. The molecule has 3 nitrogen and oxygen atoms in total. The van der Waals surface area contributed by atoms with E-state index in [0.717, 1.165) is 26.4 Å². The van der Waals surface area contributed by atoms with Crippen LogP contribution in [0.3, 0.4) is 0 Å². The zero-order valence-electron chi connectivity index (χ0n) is 9.59. The van der Waals surface area contributed by atoms with E-state index in [4.69, 9.17) is 14.2 Å². The molecule has 0 saturated carbocycles. The molecule has 3 heteroatoms. The van der Waals surface area contributed by atoms with Crippen molar-refractivity contribution in [2.75, 3.05) is 26.4 Å². The van der Waals surface area contributed by atoms with Gasteiger partial charge in [0.1, 0.15) is 12.2 Å². The third kappa shape index (κ3) is 5.26. The third-order valence-electron chi connectivity index (χ3n) is 2.35. The second kappa shape index (κ2) is 5.99. The van der Waals surface area contributed by atoms with E-state index < -0.39 is 0 Å². The maximum Gasteiger partial charge on any atom is 0.104 e. The summed E-state index contributed by atoms with van der Waals surface area (Å²) in [6, 6.07) is 10.3. The molecule has 0 aliphatic carbocycles. The first kappa shape index (κ1) is 11.6. The molecule has 2 aliphatic heterocycles. The lowest BCUT2D eigenvalue weighted by Crippen LogP contribution is -2.06. The van der Waals surface area contributed by atoms with Gasteiger partial charge in [0.15, 0.2) is 0 Å². The van der Waals surface area contributed by atoms with Crippen LogP contribution >= 0.6 is 0 Å². The highest BCUT2D eigenvalue weighted by molar-refractivity contribution is 5.11. The summed E-state index contributed by atoms with van der Waals surface area (Å²) in [7, 11) is 0. The fourth-order valence-corrected chi connectivity index (χ4v) is 1.19. The molecule has 0 amide bonds. The number of epoxide rings is 2. The Balaban J connectivity index is 0.000000125. The summed E-state index contributed by atoms with van der Waals surface area (Å²) >= 11 is 0. The zero-order chi connectivity index (χ0) is 11.2. The van der Waals surface area contributed by atoms with E-state index >= 15 is 0 Å². The average molecular weight is 222 g/mol. The molecule has 2 unspecified atom stereocenters. The zero-order valence-corrected chi connectivity index (χ0v) is 9.59. The lowest BCUT2D eigenvalue weighted by Gasteiger charge is -1.95. The average Bonchev–Trinajstić information content (AvgIpc) is 3.14. The maximum atomic E-state index is 5.23. The Hall–Kier alpha value is -0.900. The minimum Gasteiger partial charge on any atom is -0.376 e. The number of aryl methyl sites for hydroxylation is 1. The van der Waals surface area contributed by atoms with Crippen molar-refractivity contribution in [3.05, 3.63) is 35.9 Å². The topological polar surface area (TPSA) is 34.3 Å². The number of hydrogen-bond acceptors (Lipinski definition) is 3. The van der Waals surface area contributed by atoms with E-state index in [-0.39, 0.29) is 0 Å². The van der Waals surface area contributed by atoms with Gasteiger partial charge in [0.05, 0.1) is 26.4 Å². The Morgan fingerprint density at radius 3 is 1.88 bits per heavy atom. The lowest BCUT2D eigenvalue weighted by atomic mass is 10.2. The number of ether oxygens (including phenoxy) is 3. The monoisotopic (exact) mass is 222 g/mol. The van der Waals surface area contributed by atoms with Crippen LogP contribution in [0.25, 0.3) is 0 Å². The Morgan fingerprint density at radius 2 is 1.56 bits per heavy atom. The summed E-state index contributed by atoms with van der Waals surface area (Å²) < 4.78 is 15.1. The molecule has 0 radical (unpaired) electrons. The van der Waals surface area contributed by atoms with Gasteiger partial charge in [-0.3, -0.25) is 0 Å². The molecular formula is C13H18O3. The Bertz CT molecular complexity index is 279. The minimum absolute atomic E-state index is 0.392. The molecule has 88 valence electrons. The summed E-state index contributed by atoms with van der Waals surface area (Å²) in [4.78, 5) is 0. The number of hydrogen-bond donors (Lipinski definition) is 0. The first-order chi connectivity index (χ1) is 7.84. The van der Waals surface area contributed by atoms with Crippen molar-refractivity contribution in [1.29, 1.82) is 0 Å². The van der Waals surface area contributed by atoms with Crippen molar-refractivity contribution in [1.82, 2.24) is 0 Å². The van der Waals surface area contributed by atoms with Gasteiger partial charge in [-0.2, -0.15) is 0 Å². The van der Waals surface area contributed by atoms with Gasteiger partial charge in [-0.05, 0) is 6.92 Å². The molecule has 0 bridgehead atoms. The summed E-state index contributed by atoms with van der Waals surface area (Å²) in [6.07, 6.45) is 0.785. The predicted octanol–water partition coefficient (Wildman–Crippen LogP) is 1.80. The van der Waals surface area contributed by atoms with Gasteiger partial charge in [-0.25, -0.2) is 0 Å². The molecule has 0 aromatic heterocycles. The highest BCUT2D eigenvalue weighted by Crippen LogP contribution is 2.12. The molecule has 1 aromatic carbocycles. The molecule has 1 aromatic rings. The van der Waals surface area contributed by atoms with Gasteiger partial charge in [0.2, 0.25) is 0 Å². The quantitative estimate of drug-likeness (QED) is 0.728. The van der Waals surface area contributed by atoms with Crippen LogP contribution in [0.1, 0.15) is 5.56 Å². The van der Waals surface area contributed by atoms with Crippen molar-refractivity contribution in [2.45, 2.75) is 19.1 Å². The highest BCUT2D eigenvalue weighted by Gasteiger charge is 2.26.